The molecule has 0 fully saturated rings. The van der Waals surface area contributed by atoms with Gasteiger partial charge in [-0.1, -0.05) is 6.07 Å². The van der Waals surface area contributed by atoms with E-state index in [0.717, 1.165) is 23.3 Å². The van der Waals surface area contributed by atoms with Crippen LogP contribution < -0.4 is 16.0 Å². The number of aliphatic imine (C=N–C) groups is 1. The normalized spacial score (nSPS) is 11.3. The molecule has 3 N–H and O–H groups in total. The van der Waals surface area contributed by atoms with Crippen LogP contribution in [0.15, 0.2) is 35.3 Å². The van der Waals surface area contributed by atoms with E-state index in [2.05, 4.69) is 20.9 Å². The van der Waals surface area contributed by atoms with Crippen LogP contribution in [0, 0.1) is 23.3 Å². The number of amides is 1. The number of hydrogen-bond acceptors (Lipinski definition) is 3. The Hall–Kier alpha value is -2.75. The average molecular weight is 428 g/mol. The van der Waals surface area contributed by atoms with Gasteiger partial charge in [-0.3, -0.25) is 9.79 Å². The maximum absolute atomic E-state index is 13.6. The lowest BCUT2D eigenvalue weighted by Crippen LogP contribution is -2.41. The van der Waals surface area contributed by atoms with Gasteiger partial charge < -0.3 is 16.0 Å². The zero-order valence-corrected chi connectivity index (χ0v) is 16.6. The summed E-state index contributed by atoms with van der Waals surface area (Å²) < 4.78 is 53.2. The number of carbonyl (C=O) groups is 1. The largest absolute Gasteiger partial charge is 0.352 e. The summed E-state index contributed by atoms with van der Waals surface area (Å²) in [4.78, 5) is 15.9. The van der Waals surface area contributed by atoms with Crippen molar-refractivity contribution in [3.63, 3.8) is 0 Å². The van der Waals surface area contributed by atoms with Gasteiger partial charge in [0, 0.05) is 19.3 Å². The molecule has 0 atom stereocenters. The smallest absolute Gasteiger partial charge is 0.243 e. The summed E-state index contributed by atoms with van der Waals surface area (Å²) in [5, 5.41) is 7.87. The van der Waals surface area contributed by atoms with Crippen LogP contribution in [0.5, 0.6) is 0 Å². The van der Waals surface area contributed by atoms with Crippen molar-refractivity contribution in [2.75, 3.05) is 25.2 Å². The van der Waals surface area contributed by atoms with Crippen LogP contribution in [0.1, 0.15) is 11.1 Å². The van der Waals surface area contributed by atoms with Crippen LogP contribution >= 0.6 is 11.8 Å². The van der Waals surface area contributed by atoms with Crippen molar-refractivity contribution in [2.24, 2.45) is 4.99 Å². The summed E-state index contributed by atoms with van der Waals surface area (Å²) in [6.07, 6.45) is 1.91. The van der Waals surface area contributed by atoms with Crippen molar-refractivity contribution in [3.8, 4) is 0 Å². The third kappa shape index (κ3) is 6.38. The minimum absolute atomic E-state index is 0.283. The van der Waals surface area contributed by atoms with Gasteiger partial charge in [0.2, 0.25) is 5.91 Å². The number of thioether (sulfide) groups is 1. The number of anilines is 1. The molecule has 0 aliphatic carbocycles. The highest BCUT2D eigenvalue weighted by Crippen LogP contribution is 2.19. The predicted molar refractivity (Wildman–Crippen MR) is 107 cm³/mol. The molecule has 2 aromatic carbocycles. The van der Waals surface area contributed by atoms with Gasteiger partial charge in [0.05, 0.1) is 12.2 Å². The van der Waals surface area contributed by atoms with Crippen molar-refractivity contribution >= 4 is 29.3 Å². The Balaban J connectivity index is 1.91. The van der Waals surface area contributed by atoms with Gasteiger partial charge in [0.25, 0.3) is 0 Å². The zero-order valence-electron chi connectivity index (χ0n) is 15.8. The van der Waals surface area contributed by atoms with E-state index in [0.29, 0.717) is 12.3 Å². The van der Waals surface area contributed by atoms with E-state index in [1.165, 1.54) is 19.2 Å². The zero-order chi connectivity index (χ0) is 21.4. The van der Waals surface area contributed by atoms with E-state index in [1.807, 2.05) is 6.26 Å². The number of hydrogen-bond donors (Lipinski definition) is 3. The number of guanidine groups is 1. The molecule has 2 rings (SSSR count). The van der Waals surface area contributed by atoms with Gasteiger partial charge in [-0.15, -0.1) is 0 Å². The number of nitrogens with zero attached hydrogens (tertiary/aromatic N) is 1. The fraction of sp³-hybridized carbons (Fsp3) is 0.263. The van der Waals surface area contributed by atoms with Gasteiger partial charge in [-0.2, -0.15) is 11.8 Å². The monoisotopic (exact) mass is 428 g/mol. The minimum Gasteiger partial charge on any atom is -0.352 e. The minimum atomic E-state index is -1.66. The highest BCUT2D eigenvalue weighted by Gasteiger charge is 2.15. The molecule has 10 heteroatoms. The van der Waals surface area contributed by atoms with Crippen molar-refractivity contribution in [1.29, 1.82) is 0 Å². The molecule has 1 amide bonds. The number of rotatable bonds is 7. The Kier molecular flexibility index (Phi) is 8.32. The van der Waals surface area contributed by atoms with Crippen LogP contribution in [0.3, 0.4) is 0 Å². The standard InChI is InChI=1S/C19H20F4N4OS/c1-24-19(25-8-11-3-4-13(20)7-12(11)10-29-2)26-9-16(28)27-15-6-5-14(21)17(22)18(15)23/h3-7H,8-10H2,1-2H3,(H,27,28)(H2,24,25,26). The third-order valence-electron chi connectivity index (χ3n) is 3.86. The summed E-state index contributed by atoms with van der Waals surface area (Å²) in [6.45, 7) is 0.0501. The summed E-state index contributed by atoms with van der Waals surface area (Å²) in [6, 6.07) is 6.14. The summed E-state index contributed by atoms with van der Waals surface area (Å²) in [5.41, 5.74) is 1.25. The summed E-state index contributed by atoms with van der Waals surface area (Å²) in [5.74, 6) is -4.55. The maximum Gasteiger partial charge on any atom is 0.243 e. The van der Waals surface area contributed by atoms with E-state index in [-0.39, 0.29) is 18.3 Å². The first-order valence-corrected chi connectivity index (χ1v) is 9.89. The van der Waals surface area contributed by atoms with E-state index < -0.39 is 29.0 Å². The van der Waals surface area contributed by atoms with Gasteiger partial charge >= 0.3 is 0 Å². The third-order valence-corrected chi connectivity index (χ3v) is 4.46. The molecule has 0 saturated carbocycles. The molecule has 0 heterocycles. The maximum atomic E-state index is 13.6. The van der Waals surface area contributed by atoms with Gasteiger partial charge in [-0.25, -0.2) is 17.6 Å². The lowest BCUT2D eigenvalue weighted by Gasteiger charge is -2.14. The van der Waals surface area contributed by atoms with Crippen molar-refractivity contribution in [2.45, 2.75) is 12.3 Å². The van der Waals surface area contributed by atoms with E-state index in [4.69, 9.17) is 0 Å². The molecule has 2 aromatic rings. The number of nitrogens with one attached hydrogen (secondary N) is 3. The fourth-order valence-corrected chi connectivity index (χ4v) is 3.02. The quantitative estimate of drug-likeness (QED) is 0.274. The van der Waals surface area contributed by atoms with Crippen molar-refractivity contribution in [3.05, 3.63) is 64.7 Å². The molecule has 0 spiro atoms. The summed E-state index contributed by atoms with van der Waals surface area (Å²) >= 11 is 1.56. The van der Waals surface area contributed by atoms with Gasteiger partial charge in [-0.05, 0) is 41.6 Å². The van der Waals surface area contributed by atoms with Crippen molar-refractivity contribution in [1.82, 2.24) is 10.6 Å². The first-order chi connectivity index (χ1) is 13.8. The van der Waals surface area contributed by atoms with E-state index in [9.17, 15) is 22.4 Å². The Morgan fingerprint density at radius 3 is 2.48 bits per heavy atom. The Bertz CT molecular complexity index is 908. The lowest BCUT2D eigenvalue weighted by atomic mass is 10.1. The second kappa shape index (κ2) is 10.7. The Morgan fingerprint density at radius 1 is 1.03 bits per heavy atom. The molecular formula is C19H20F4N4OS. The first kappa shape index (κ1) is 22.5. The van der Waals surface area contributed by atoms with Gasteiger partial charge in [0.1, 0.15) is 5.82 Å². The fourth-order valence-electron chi connectivity index (χ4n) is 2.44. The SMILES string of the molecule is CN=C(NCC(=O)Nc1ccc(F)c(F)c1F)NCc1ccc(F)cc1CSC. The Morgan fingerprint density at radius 2 is 1.79 bits per heavy atom. The molecule has 0 aliphatic rings. The van der Waals surface area contributed by atoms with E-state index in [1.54, 1.807) is 17.8 Å². The molecule has 0 radical (unpaired) electrons. The first-order valence-electron chi connectivity index (χ1n) is 8.49. The summed E-state index contributed by atoms with van der Waals surface area (Å²) in [7, 11) is 1.50. The number of carbonyl (C=O) groups excluding carboxylic acids is 1. The highest BCUT2D eigenvalue weighted by atomic mass is 32.2. The van der Waals surface area contributed by atoms with Crippen LogP contribution in [-0.4, -0.2) is 31.7 Å². The van der Waals surface area contributed by atoms with Gasteiger partial charge in [0.15, 0.2) is 23.4 Å². The van der Waals surface area contributed by atoms with Crippen LogP contribution in [0.2, 0.25) is 0 Å². The van der Waals surface area contributed by atoms with Crippen molar-refractivity contribution < 1.29 is 22.4 Å². The molecule has 5 nitrogen and oxygen atoms in total. The average Bonchev–Trinajstić information content (AvgIpc) is 2.70. The highest BCUT2D eigenvalue weighted by molar-refractivity contribution is 7.97. The predicted octanol–water partition coefficient (Wildman–Crippen LogP) is 3.41. The molecule has 29 heavy (non-hydrogen) atoms. The molecule has 0 aromatic heterocycles. The van der Waals surface area contributed by atoms with Crippen LogP contribution in [0.4, 0.5) is 23.2 Å². The lowest BCUT2D eigenvalue weighted by molar-refractivity contribution is -0.115. The molecule has 0 aliphatic heterocycles. The molecule has 156 valence electrons. The Labute approximate surface area is 170 Å². The molecule has 0 saturated heterocycles. The molecule has 0 unspecified atom stereocenters. The topological polar surface area (TPSA) is 65.5 Å². The number of halogens is 4. The number of benzene rings is 2. The van der Waals surface area contributed by atoms with Crippen LogP contribution in [0.25, 0.3) is 0 Å². The van der Waals surface area contributed by atoms with E-state index >= 15 is 0 Å². The molecule has 0 bridgehead atoms. The molecular weight excluding hydrogens is 408 g/mol. The second-order valence-electron chi connectivity index (χ2n) is 5.90. The van der Waals surface area contributed by atoms with Crippen LogP contribution in [-0.2, 0) is 17.1 Å². The second-order valence-corrected chi connectivity index (χ2v) is 6.76.